The largest absolute Gasteiger partial charge is 0.504 e. The van der Waals surface area contributed by atoms with E-state index in [9.17, 15) is 9.90 Å². The summed E-state index contributed by atoms with van der Waals surface area (Å²) >= 11 is 6.01. The van der Waals surface area contributed by atoms with Gasteiger partial charge in [-0.2, -0.15) is 0 Å². The maximum absolute atomic E-state index is 12.4. The van der Waals surface area contributed by atoms with E-state index >= 15 is 0 Å². The van der Waals surface area contributed by atoms with Gasteiger partial charge in [0.15, 0.2) is 5.75 Å². The van der Waals surface area contributed by atoms with Crippen molar-refractivity contribution in [2.24, 2.45) is 0 Å². The second-order valence-corrected chi connectivity index (χ2v) is 7.19. The molecule has 29 heavy (non-hydrogen) atoms. The molecule has 4 aromatic rings. The van der Waals surface area contributed by atoms with E-state index < -0.39 is 6.03 Å². The van der Waals surface area contributed by atoms with E-state index in [-0.39, 0.29) is 11.4 Å². The number of hydrogen-bond acceptors (Lipinski definition) is 4. The lowest BCUT2D eigenvalue weighted by atomic mass is 10.1. The molecule has 0 aliphatic rings. The third kappa shape index (κ3) is 4.00. The Morgan fingerprint density at radius 1 is 0.966 bits per heavy atom. The first-order valence-corrected chi connectivity index (χ1v) is 9.28. The van der Waals surface area contributed by atoms with Crippen molar-refractivity contribution in [3.8, 4) is 11.4 Å². The van der Waals surface area contributed by atoms with Crippen LogP contribution in [0.25, 0.3) is 16.7 Å². The van der Waals surface area contributed by atoms with Gasteiger partial charge in [0.25, 0.3) is 0 Å². The van der Waals surface area contributed by atoms with Gasteiger partial charge in [-0.1, -0.05) is 23.7 Å². The Bertz CT molecular complexity index is 1240. The first kappa shape index (κ1) is 18.8. The van der Waals surface area contributed by atoms with Gasteiger partial charge in [0.2, 0.25) is 0 Å². The van der Waals surface area contributed by atoms with Gasteiger partial charge < -0.3 is 15.7 Å². The molecular weight excluding hydrogens is 390 g/mol. The van der Waals surface area contributed by atoms with Gasteiger partial charge in [0, 0.05) is 10.7 Å². The smallest absolute Gasteiger partial charge is 0.323 e. The predicted octanol–water partition coefficient (Wildman–Crippen LogP) is 5.04. The third-order valence-corrected chi connectivity index (χ3v) is 4.55. The standard InChI is InChI=1S/C21H18ClN5O2/c1-12-4-3-5-15(8-12)23-21(29)24-18-9-13(2)10-19(20(18)28)27-25-16-7-6-14(22)11-17(16)26-27/h3-11,28H,1-2H3,(H2,23,24,29). The summed E-state index contributed by atoms with van der Waals surface area (Å²) in [5.74, 6) is -0.138. The molecule has 0 radical (unpaired) electrons. The second-order valence-electron chi connectivity index (χ2n) is 6.75. The number of nitrogens with zero attached hydrogens (tertiary/aromatic N) is 3. The van der Waals surface area contributed by atoms with Gasteiger partial charge in [0.05, 0.1) is 5.69 Å². The summed E-state index contributed by atoms with van der Waals surface area (Å²) in [6, 6.07) is 15.6. The highest BCUT2D eigenvalue weighted by molar-refractivity contribution is 6.31. The van der Waals surface area contributed by atoms with Crippen LogP contribution in [0, 0.1) is 13.8 Å². The van der Waals surface area contributed by atoms with Crippen LogP contribution in [0.15, 0.2) is 54.6 Å². The van der Waals surface area contributed by atoms with Crippen LogP contribution in [-0.2, 0) is 0 Å². The van der Waals surface area contributed by atoms with E-state index in [1.807, 2.05) is 32.0 Å². The molecule has 0 atom stereocenters. The summed E-state index contributed by atoms with van der Waals surface area (Å²) in [6.45, 7) is 3.79. The zero-order valence-electron chi connectivity index (χ0n) is 15.8. The Morgan fingerprint density at radius 2 is 1.76 bits per heavy atom. The predicted molar refractivity (Wildman–Crippen MR) is 114 cm³/mol. The number of aromatic nitrogens is 3. The zero-order chi connectivity index (χ0) is 20.5. The summed E-state index contributed by atoms with van der Waals surface area (Å²) in [7, 11) is 0. The first-order valence-electron chi connectivity index (χ1n) is 8.90. The van der Waals surface area contributed by atoms with Crippen molar-refractivity contribution in [2.45, 2.75) is 13.8 Å². The Morgan fingerprint density at radius 3 is 2.55 bits per heavy atom. The highest BCUT2D eigenvalue weighted by atomic mass is 35.5. The molecule has 0 spiro atoms. The SMILES string of the molecule is Cc1cccc(NC(=O)Nc2cc(C)cc(-n3nc4ccc(Cl)cc4n3)c2O)c1. The van der Waals surface area contributed by atoms with Gasteiger partial charge in [0.1, 0.15) is 16.7 Å². The topological polar surface area (TPSA) is 92.1 Å². The minimum atomic E-state index is -0.465. The first-order chi connectivity index (χ1) is 13.9. The van der Waals surface area contributed by atoms with Crippen LogP contribution in [0.5, 0.6) is 5.75 Å². The number of benzene rings is 3. The van der Waals surface area contributed by atoms with Crippen LogP contribution >= 0.6 is 11.6 Å². The van der Waals surface area contributed by atoms with Crippen molar-refractivity contribution < 1.29 is 9.90 Å². The number of rotatable bonds is 3. The molecule has 1 heterocycles. The van der Waals surface area contributed by atoms with Crippen LogP contribution in [0.3, 0.4) is 0 Å². The number of urea groups is 1. The number of amides is 2. The van der Waals surface area contributed by atoms with Crippen LogP contribution in [-0.4, -0.2) is 26.1 Å². The number of phenols is 1. The van der Waals surface area contributed by atoms with Crippen molar-refractivity contribution in [2.75, 3.05) is 10.6 Å². The average Bonchev–Trinajstić information content (AvgIpc) is 3.07. The molecule has 1 aromatic heterocycles. The van der Waals surface area contributed by atoms with E-state index in [0.717, 1.165) is 11.1 Å². The molecule has 0 aliphatic heterocycles. The van der Waals surface area contributed by atoms with E-state index in [1.165, 1.54) is 4.80 Å². The molecule has 3 N–H and O–H groups in total. The van der Waals surface area contributed by atoms with Crippen LogP contribution in [0.1, 0.15) is 11.1 Å². The van der Waals surface area contributed by atoms with E-state index in [4.69, 9.17) is 11.6 Å². The lowest BCUT2D eigenvalue weighted by Crippen LogP contribution is -2.20. The number of phenolic OH excluding ortho intramolecular Hbond substituents is 1. The summed E-state index contributed by atoms with van der Waals surface area (Å²) in [5.41, 5.74) is 4.36. The normalized spacial score (nSPS) is 10.9. The number of fused-ring (bicyclic) bond motifs is 1. The quantitative estimate of drug-likeness (QED) is 0.415. The molecule has 2 amide bonds. The molecule has 0 bridgehead atoms. The number of hydrogen-bond donors (Lipinski definition) is 3. The summed E-state index contributed by atoms with van der Waals surface area (Å²) in [5, 5.41) is 25.5. The molecule has 0 aliphatic carbocycles. The monoisotopic (exact) mass is 407 g/mol. The summed E-state index contributed by atoms with van der Waals surface area (Å²) < 4.78 is 0. The fourth-order valence-electron chi connectivity index (χ4n) is 3.01. The maximum Gasteiger partial charge on any atom is 0.323 e. The third-order valence-electron chi connectivity index (χ3n) is 4.32. The number of carbonyl (C=O) groups excluding carboxylic acids is 1. The lowest BCUT2D eigenvalue weighted by molar-refractivity contribution is 0.262. The van der Waals surface area contributed by atoms with Gasteiger partial charge in [-0.3, -0.25) is 0 Å². The molecule has 0 saturated carbocycles. The van der Waals surface area contributed by atoms with Crippen molar-refractivity contribution in [1.29, 1.82) is 0 Å². The molecule has 7 nitrogen and oxygen atoms in total. The van der Waals surface area contributed by atoms with E-state index in [2.05, 4.69) is 20.8 Å². The second kappa shape index (κ2) is 7.44. The fourth-order valence-corrected chi connectivity index (χ4v) is 3.18. The zero-order valence-corrected chi connectivity index (χ0v) is 16.5. The van der Waals surface area contributed by atoms with Crippen molar-refractivity contribution in [3.05, 3.63) is 70.7 Å². The number of halogens is 1. The van der Waals surface area contributed by atoms with Gasteiger partial charge in [-0.15, -0.1) is 15.0 Å². The Hall–Kier alpha value is -3.58. The van der Waals surface area contributed by atoms with E-state index in [0.29, 0.717) is 27.4 Å². The van der Waals surface area contributed by atoms with Crippen molar-refractivity contribution in [1.82, 2.24) is 15.0 Å². The van der Waals surface area contributed by atoms with Gasteiger partial charge in [-0.25, -0.2) is 4.79 Å². The molecular formula is C21H18ClN5O2. The molecule has 146 valence electrons. The lowest BCUT2D eigenvalue weighted by Gasteiger charge is -2.13. The highest BCUT2D eigenvalue weighted by Gasteiger charge is 2.16. The van der Waals surface area contributed by atoms with Crippen LogP contribution < -0.4 is 10.6 Å². The van der Waals surface area contributed by atoms with Gasteiger partial charge in [-0.05, 0) is 67.4 Å². The number of aromatic hydroxyl groups is 1. The molecule has 0 fully saturated rings. The number of anilines is 2. The van der Waals surface area contributed by atoms with E-state index in [1.54, 1.807) is 36.4 Å². The van der Waals surface area contributed by atoms with Crippen molar-refractivity contribution in [3.63, 3.8) is 0 Å². The molecule has 0 saturated heterocycles. The van der Waals surface area contributed by atoms with Crippen molar-refractivity contribution >= 4 is 40.0 Å². The minimum absolute atomic E-state index is 0.138. The highest BCUT2D eigenvalue weighted by Crippen LogP contribution is 2.32. The number of aryl methyl sites for hydroxylation is 2. The Balaban J connectivity index is 1.64. The molecule has 3 aromatic carbocycles. The number of nitrogens with one attached hydrogen (secondary N) is 2. The fraction of sp³-hybridized carbons (Fsp3) is 0.0952. The Kier molecular flexibility index (Phi) is 4.82. The molecule has 0 unspecified atom stereocenters. The number of carbonyl (C=O) groups is 1. The molecule has 8 heteroatoms. The average molecular weight is 408 g/mol. The van der Waals surface area contributed by atoms with Crippen LogP contribution in [0.2, 0.25) is 5.02 Å². The Labute approximate surface area is 171 Å². The maximum atomic E-state index is 12.4. The van der Waals surface area contributed by atoms with Crippen LogP contribution in [0.4, 0.5) is 16.2 Å². The molecule has 4 rings (SSSR count). The summed E-state index contributed by atoms with van der Waals surface area (Å²) in [4.78, 5) is 13.7. The van der Waals surface area contributed by atoms with Gasteiger partial charge >= 0.3 is 6.03 Å². The minimum Gasteiger partial charge on any atom is -0.504 e. The summed E-state index contributed by atoms with van der Waals surface area (Å²) in [6.07, 6.45) is 0.